The Hall–Kier alpha value is -2.30. The lowest BCUT2D eigenvalue weighted by Crippen LogP contribution is -2.08. The smallest absolute Gasteiger partial charge is 0.0951 e. The van der Waals surface area contributed by atoms with Crippen LogP contribution in [0, 0.1) is 0 Å². The first-order chi connectivity index (χ1) is 9.25. The van der Waals surface area contributed by atoms with Gasteiger partial charge in [0.1, 0.15) is 0 Å². The van der Waals surface area contributed by atoms with Crippen molar-refractivity contribution in [3.8, 4) is 0 Å². The van der Waals surface area contributed by atoms with E-state index in [0.717, 1.165) is 23.1 Å². The van der Waals surface area contributed by atoms with Gasteiger partial charge in [-0.3, -0.25) is 5.10 Å². The van der Waals surface area contributed by atoms with E-state index in [9.17, 15) is 0 Å². The molecular weight excluding hydrogens is 238 g/mol. The first-order valence-electron chi connectivity index (χ1n) is 6.42. The summed E-state index contributed by atoms with van der Waals surface area (Å²) in [5, 5.41) is 11.6. The molecule has 0 aliphatic carbocycles. The molecule has 2 aromatic heterocycles. The monoisotopic (exact) mass is 255 g/mol. The number of imidazole rings is 1. The second kappa shape index (κ2) is 4.76. The fourth-order valence-electron chi connectivity index (χ4n) is 2.24. The third kappa shape index (κ3) is 2.19. The molecule has 0 amide bonds. The van der Waals surface area contributed by atoms with Crippen molar-refractivity contribution in [2.24, 2.45) is 0 Å². The average Bonchev–Trinajstić information content (AvgIpc) is 3.04. The molecular formula is C14H17N5. The molecule has 0 radical (unpaired) electrons. The lowest BCUT2D eigenvalue weighted by atomic mass is 10.2. The zero-order chi connectivity index (χ0) is 13.2. The van der Waals surface area contributed by atoms with Gasteiger partial charge in [-0.1, -0.05) is 6.07 Å². The van der Waals surface area contributed by atoms with E-state index in [1.54, 1.807) is 0 Å². The lowest BCUT2D eigenvalue weighted by molar-refractivity contribution is 0.577. The van der Waals surface area contributed by atoms with Crippen LogP contribution in [-0.2, 0) is 6.54 Å². The van der Waals surface area contributed by atoms with Crippen LogP contribution in [0.3, 0.4) is 0 Å². The van der Waals surface area contributed by atoms with Gasteiger partial charge in [0.05, 0.1) is 30.3 Å². The number of nitrogens with one attached hydrogen (secondary N) is 2. The zero-order valence-corrected chi connectivity index (χ0v) is 11.1. The SMILES string of the molecule is CC(C)n1cncc1CNc1cccc2[nH]ncc12. The Bertz CT molecular complexity index is 680. The maximum Gasteiger partial charge on any atom is 0.0951 e. The average molecular weight is 255 g/mol. The third-order valence-corrected chi connectivity index (χ3v) is 3.25. The standard InChI is InChI=1S/C14H17N5/c1-10(2)19-9-15-6-11(19)7-16-13-4-3-5-14-12(13)8-17-18-14/h3-6,8-10,16H,7H2,1-2H3,(H,17,18). The Morgan fingerprint density at radius 3 is 3.05 bits per heavy atom. The second-order valence-corrected chi connectivity index (χ2v) is 4.88. The molecule has 19 heavy (non-hydrogen) atoms. The fraction of sp³-hybridized carbons (Fsp3) is 0.286. The molecule has 0 bridgehead atoms. The molecule has 2 heterocycles. The first-order valence-corrected chi connectivity index (χ1v) is 6.42. The molecule has 5 heteroatoms. The molecule has 98 valence electrons. The fourth-order valence-corrected chi connectivity index (χ4v) is 2.24. The number of rotatable bonds is 4. The summed E-state index contributed by atoms with van der Waals surface area (Å²) < 4.78 is 2.17. The highest BCUT2D eigenvalue weighted by Gasteiger charge is 2.06. The number of anilines is 1. The Balaban J connectivity index is 1.82. The van der Waals surface area contributed by atoms with Gasteiger partial charge in [-0.05, 0) is 26.0 Å². The molecule has 3 rings (SSSR count). The van der Waals surface area contributed by atoms with Gasteiger partial charge in [-0.25, -0.2) is 4.98 Å². The highest BCUT2D eigenvalue weighted by molar-refractivity contribution is 5.90. The molecule has 5 nitrogen and oxygen atoms in total. The van der Waals surface area contributed by atoms with Gasteiger partial charge in [-0.2, -0.15) is 5.10 Å². The van der Waals surface area contributed by atoms with Gasteiger partial charge in [0.15, 0.2) is 0 Å². The summed E-state index contributed by atoms with van der Waals surface area (Å²) in [4.78, 5) is 4.21. The number of aromatic amines is 1. The summed E-state index contributed by atoms with van der Waals surface area (Å²) >= 11 is 0. The topological polar surface area (TPSA) is 58.5 Å². The molecule has 0 saturated carbocycles. The summed E-state index contributed by atoms with van der Waals surface area (Å²) in [6.45, 7) is 5.06. The van der Waals surface area contributed by atoms with Crippen molar-refractivity contribution < 1.29 is 0 Å². The van der Waals surface area contributed by atoms with Gasteiger partial charge in [0.2, 0.25) is 0 Å². The first kappa shape index (κ1) is 11.8. The molecule has 0 saturated heterocycles. The van der Waals surface area contributed by atoms with Crippen LogP contribution in [0.25, 0.3) is 10.9 Å². The number of benzene rings is 1. The quantitative estimate of drug-likeness (QED) is 0.753. The Morgan fingerprint density at radius 2 is 2.21 bits per heavy atom. The molecule has 0 aliphatic rings. The van der Waals surface area contributed by atoms with Crippen molar-refractivity contribution in [1.82, 2.24) is 19.7 Å². The predicted octanol–water partition coefficient (Wildman–Crippen LogP) is 2.95. The van der Waals surface area contributed by atoms with E-state index in [0.29, 0.717) is 6.04 Å². The van der Waals surface area contributed by atoms with Crippen LogP contribution in [-0.4, -0.2) is 19.7 Å². The van der Waals surface area contributed by atoms with Crippen LogP contribution < -0.4 is 5.32 Å². The Labute approximate surface area is 111 Å². The van der Waals surface area contributed by atoms with Gasteiger partial charge >= 0.3 is 0 Å². The lowest BCUT2D eigenvalue weighted by Gasteiger charge is -2.13. The van der Waals surface area contributed by atoms with Crippen molar-refractivity contribution in [2.45, 2.75) is 26.4 Å². The number of nitrogens with zero attached hydrogens (tertiary/aromatic N) is 3. The van der Waals surface area contributed by atoms with Crippen LogP contribution >= 0.6 is 0 Å². The van der Waals surface area contributed by atoms with E-state index in [4.69, 9.17) is 0 Å². The zero-order valence-electron chi connectivity index (χ0n) is 11.1. The maximum absolute atomic E-state index is 4.21. The molecule has 3 aromatic rings. The van der Waals surface area contributed by atoms with Crippen LogP contribution in [0.5, 0.6) is 0 Å². The number of hydrogen-bond acceptors (Lipinski definition) is 3. The van der Waals surface area contributed by atoms with E-state index in [-0.39, 0.29) is 0 Å². The molecule has 0 spiro atoms. The Morgan fingerprint density at radius 1 is 1.32 bits per heavy atom. The normalized spacial score (nSPS) is 11.3. The molecule has 0 aliphatic heterocycles. The summed E-state index contributed by atoms with van der Waals surface area (Å²) in [6, 6.07) is 6.52. The second-order valence-electron chi connectivity index (χ2n) is 4.88. The Kier molecular flexibility index (Phi) is 2.95. The van der Waals surface area contributed by atoms with Gasteiger partial charge in [-0.15, -0.1) is 0 Å². The summed E-state index contributed by atoms with van der Waals surface area (Å²) in [5.74, 6) is 0. The van der Waals surface area contributed by atoms with Crippen LogP contribution in [0.1, 0.15) is 25.6 Å². The van der Waals surface area contributed by atoms with Gasteiger partial charge in [0.25, 0.3) is 0 Å². The minimum Gasteiger partial charge on any atom is -0.379 e. The minimum atomic E-state index is 0.420. The van der Waals surface area contributed by atoms with E-state index >= 15 is 0 Å². The number of fused-ring (bicyclic) bond motifs is 1. The number of aromatic nitrogens is 4. The molecule has 0 unspecified atom stereocenters. The maximum atomic E-state index is 4.21. The number of hydrogen-bond donors (Lipinski definition) is 2. The van der Waals surface area contributed by atoms with Gasteiger partial charge in [0, 0.05) is 23.3 Å². The van der Waals surface area contributed by atoms with Crippen molar-refractivity contribution in [3.05, 3.63) is 42.6 Å². The van der Waals surface area contributed by atoms with Crippen LogP contribution in [0.2, 0.25) is 0 Å². The van der Waals surface area contributed by atoms with Crippen LogP contribution in [0.15, 0.2) is 36.9 Å². The highest BCUT2D eigenvalue weighted by Crippen LogP contribution is 2.21. The van der Waals surface area contributed by atoms with Crippen molar-refractivity contribution in [3.63, 3.8) is 0 Å². The van der Waals surface area contributed by atoms with E-state index in [1.165, 1.54) is 5.69 Å². The molecule has 0 fully saturated rings. The molecule has 1 aromatic carbocycles. The largest absolute Gasteiger partial charge is 0.379 e. The number of H-pyrrole nitrogens is 1. The molecule has 2 N–H and O–H groups in total. The predicted molar refractivity (Wildman–Crippen MR) is 76.0 cm³/mol. The van der Waals surface area contributed by atoms with Crippen LogP contribution in [0.4, 0.5) is 5.69 Å². The van der Waals surface area contributed by atoms with Crippen molar-refractivity contribution in [2.75, 3.05) is 5.32 Å². The summed E-state index contributed by atoms with van der Waals surface area (Å²) in [6.07, 6.45) is 5.63. The molecule has 0 atom stereocenters. The summed E-state index contributed by atoms with van der Waals surface area (Å²) in [5.41, 5.74) is 3.31. The van der Waals surface area contributed by atoms with Crippen molar-refractivity contribution >= 4 is 16.6 Å². The highest BCUT2D eigenvalue weighted by atomic mass is 15.1. The minimum absolute atomic E-state index is 0.420. The van der Waals surface area contributed by atoms with Gasteiger partial charge < -0.3 is 9.88 Å². The van der Waals surface area contributed by atoms with Crippen molar-refractivity contribution in [1.29, 1.82) is 0 Å². The summed E-state index contributed by atoms with van der Waals surface area (Å²) in [7, 11) is 0. The van der Waals surface area contributed by atoms with E-state index in [1.807, 2.05) is 30.9 Å². The third-order valence-electron chi connectivity index (χ3n) is 3.25. The van der Waals surface area contributed by atoms with E-state index in [2.05, 4.69) is 45.0 Å². The van der Waals surface area contributed by atoms with E-state index < -0.39 is 0 Å².